The second-order valence-electron chi connectivity index (χ2n) is 4.57. The molecule has 1 aromatic carbocycles. The second-order valence-corrected chi connectivity index (χ2v) is 5.48. The normalized spacial score (nSPS) is 18.7. The van der Waals surface area contributed by atoms with Gasteiger partial charge in [-0.3, -0.25) is 0 Å². The molecule has 0 bridgehead atoms. The number of nitrogens with zero attached hydrogens (tertiary/aromatic N) is 3. The lowest BCUT2D eigenvalue weighted by Gasteiger charge is -2.21. The van der Waals surface area contributed by atoms with Gasteiger partial charge in [-0.15, -0.1) is 10.2 Å². The smallest absolute Gasteiger partial charge is 0.164 e. The third kappa shape index (κ3) is 1.97. The highest BCUT2D eigenvalue weighted by molar-refractivity contribution is 9.10. The van der Waals surface area contributed by atoms with Crippen molar-refractivity contribution in [1.82, 2.24) is 14.8 Å². The maximum Gasteiger partial charge on any atom is 0.164 e. The molecule has 3 rings (SSSR count). The summed E-state index contributed by atoms with van der Waals surface area (Å²) in [4.78, 5) is 0. The number of rotatable bonds is 2. The Morgan fingerprint density at radius 3 is 3.06 bits per heavy atom. The zero-order valence-corrected chi connectivity index (χ0v) is 11.5. The number of aliphatic hydroxyl groups is 1. The van der Waals surface area contributed by atoms with Crippen molar-refractivity contribution >= 4 is 15.9 Å². The molecular weight excluding hydrogens is 294 g/mol. The summed E-state index contributed by atoms with van der Waals surface area (Å²) in [6.07, 6.45) is 2.06. The van der Waals surface area contributed by atoms with Crippen LogP contribution in [0.2, 0.25) is 0 Å². The van der Waals surface area contributed by atoms with Gasteiger partial charge in [-0.2, -0.15) is 0 Å². The first-order valence-electron chi connectivity index (χ1n) is 6.09. The highest BCUT2D eigenvalue weighted by Crippen LogP contribution is 2.30. The molecule has 0 fully saturated rings. The zero-order valence-electron chi connectivity index (χ0n) is 9.88. The topological polar surface area (TPSA) is 50.9 Å². The molecule has 2 aromatic rings. The standard InChI is InChI=1S/C13H14BrN3O/c14-11-5-1-3-9(7-11)12-15-16-13-10(8-18)4-2-6-17(12)13/h1,3,5,7,10,18H,2,4,6,8H2. The summed E-state index contributed by atoms with van der Waals surface area (Å²) in [7, 11) is 0. The fraction of sp³-hybridized carbons (Fsp3) is 0.385. The molecule has 0 amide bonds. The van der Waals surface area contributed by atoms with Crippen LogP contribution in [0.25, 0.3) is 11.4 Å². The van der Waals surface area contributed by atoms with Crippen LogP contribution in [-0.4, -0.2) is 26.5 Å². The summed E-state index contributed by atoms with van der Waals surface area (Å²) in [5.41, 5.74) is 1.06. The van der Waals surface area contributed by atoms with E-state index in [-0.39, 0.29) is 12.5 Å². The van der Waals surface area contributed by atoms with Crippen LogP contribution < -0.4 is 0 Å². The van der Waals surface area contributed by atoms with Gasteiger partial charge in [-0.25, -0.2) is 0 Å². The molecule has 0 aliphatic carbocycles. The largest absolute Gasteiger partial charge is 0.396 e. The molecule has 1 aliphatic rings. The molecule has 1 aliphatic heterocycles. The summed E-state index contributed by atoms with van der Waals surface area (Å²) < 4.78 is 3.17. The lowest BCUT2D eigenvalue weighted by atomic mass is 10.00. The predicted octanol–water partition coefficient (Wildman–Crippen LogP) is 2.58. The van der Waals surface area contributed by atoms with E-state index < -0.39 is 0 Å². The average Bonchev–Trinajstić information content (AvgIpc) is 2.82. The Hall–Kier alpha value is -1.20. The summed E-state index contributed by atoms with van der Waals surface area (Å²) in [5.74, 6) is 1.94. The van der Waals surface area contributed by atoms with Crippen LogP contribution in [-0.2, 0) is 6.54 Å². The van der Waals surface area contributed by atoms with Crippen LogP contribution in [0, 0.1) is 0 Å². The maximum atomic E-state index is 9.37. The van der Waals surface area contributed by atoms with Gasteiger partial charge in [0.25, 0.3) is 0 Å². The predicted molar refractivity (Wildman–Crippen MR) is 72.2 cm³/mol. The Morgan fingerprint density at radius 1 is 1.39 bits per heavy atom. The van der Waals surface area contributed by atoms with Gasteiger partial charge in [0.15, 0.2) is 5.82 Å². The molecule has 0 saturated heterocycles. The fourth-order valence-corrected chi connectivity index (χ4v) is 2.88. The van der Waals surface area contributed by atoms with Gasteiger partial charge < -0.3 is 9.67 Å². The van der Waals surface area contributed by atoms with Crippen molar-refractivity contribution in [2.45, 2.75) is 25.3 Å². The second kappa shape index (κ2) is 4.82. The zero-order chi connectivity index (χ0) is 12.5. The van der Waals surface area contributed by atoms with E-state index in [4.69, 9.17) is 0 Å². The molecule has 1 atom stereocenters. The van der Waals surface area contributed by atoms with Crippen LogP contribution in [0.4, 0.5) is 0 Å². The summed E-state index contributed by atoms with van der Waals surface area (Å²) in [5, 5.41) is 17.9. The summed E-state index contributed by atoms with van der Waals surface area (Å²) >= 11 is 3.47. The van der Waals surface area contributed by atoms with Gasteiger partial charge in [0, 0.05) is 22.5 Å². The van der Waals surface area contributed by atoms with E-state index in [0.717, 1.165) is 41.1 Å². The minimum Gasteiger partial charge on any atom is -0.396 e. The number of aliphatic hydroxyl groups excluding tert-OH is 1. The molecule has 2 heterocycles. The molecule has 0 radical (unpaired) electrons. The van der Waals surface area contributed by atoms with Crippen LogP contribution in [0.5, 0.6) is 0 Å². The Kier molecular flexibility index (Phi) is 3.18. The summed E-state index contributed by atoms with van der Waals surface area (Å²) in [6.45, 7) is 1.08. The van der Waals surface area contributed by atoms with E-state index in [0.29, 0.717) is 0 Å². The SMILES string of the molecule is OCC1CCCn2c(-c3cccc(Br)c3)nnc21. The van der Waals surface area contributed by atoms with Crippen LogP contribution >= 0.6 is 15.9 Å². The number of benzene rings is 1. The molecule has 18 heavy (non-hydrogen) atoms. The monoisotopic (exact) mass is 307 g/mol. The molecule has 5 heteroatoms. The highest BCUT2D eigenvalue weighted by atomic mass is 79.9. The minimum absolute atomic E-state index is 0.132. The molecule has 0 saturated carbocycles. The van der Waals surface area contributed by atoms with E-state index in [1.54, 1.807) is 0 Å². The van der Waals surface area contributed by atoms with Gasteiger partial charge in [-0.05, 0) is 25.0 Å². The van der Waals surface area contributed by atoms with Gasteiger partial charge in [0.1, 0.15) is 5.82 Å². The number of halogens is 1. The number of hydrogen-bond donors (Lipinski definition) is 1. The number of fused-ring (bicyclic) bond motifs is 1. The minimum atomic E-state index is 0.132. The van der Waals surface area contributed by atoms with Crippen molar-refractivity contribution in [2.75, 3.05) is 6.61 Å². The van der Waals surface area contributed by atoms with Crippen molar-refractivity contribution in [2.24, 2.45) is 0 Å². The molecule has 1 unspecified atom stereocenters. The first kappa shape index (κ1) is 11.9. The van der Waals surface area contributed by atoms with E-state index in [9.17, 15) is 5.11 Å². The van der Waals surface area contributed by atoms with Crippen LogP contribution in [0.1, 0.15) is 24.6 Å². The lowest BCUT2D eigenvalue weighted by Crippen LogP contribution is -2.19. The lowest BCUT2D eigenvalue weighted by molar-refractivity contribution is 0.238. The first-order chi connectivity index (χ1) is 8.79. The van der Waals surface area contributed by atoms with Crippen molar-refractivity contribution in [3.05, 3.63) is 34.6 Å². The van der Waals surface area contributed by atoms with Crippen molar-refractivity contribution in [3.8, 4) is 11.4 Å². The first-order valence-corrected chi connectivity index (χ1v) is 6.89. The highest BCUT2D eigenvalue weighted by Gasteiger charge is 2.25. The van der Waals surface area contributed by atoms with Crippen LogP contribution in [0.15, 0.2) is 28.7 Å². The van der Waals surface area contributed by atoms with E-state index >= 15 is 0 Å². The van der Waals surface area contributed by atoms with Crippen molar-refractivity contribution < 1.29 is 5.11 Å². The van der Waals surface area contributed by atoms with Gasteiger partial charge in [0.05, 0.1) is 6.61 Å². The molecule has 94 valence electrons. The Morgan fingerprint density at radius 2 is 2.28 bits per heavy atom. The van der Waals surface area contributed by atoms with Crippen LogP contribution in [0.3, 0.4) is 0 Å². The van der Waals surface area contributed by atoms with E-state index in [1.807, 2.05) is 24.3 Å². The maximum absolute atomic E-state index is 9.37. The number of hydrogen-bond acceptors (Lipinski definition) is 3. The fourth-order valence-electron chi connectivity index (χ4n) is 2.48. The summed E-state index contributed by atoms with van der Waals surface area (Å²) in [6, 6.07) is 8.06. The van der Waals surface area contributed by atoms with Gasteiger partial charge in [0.2, 0.25) is 0 Å². The third-order valence-corrected chi connectivity index (χ3v) is 3.88. The number of aromatic nitrogens is 3. The Bertz CT molecular complexity index is 567. The Labute approximate surface area is 114 Å². The Balaban J connectivity index is 2.07. The van der Waals surface area contributed by atoms with Crippen molar-refractivity contribution in [3.63, 3.8) is 0 Å². The molecular formula is C13H14BrN3O. The van der Waals surface area contributed by atoms with Gasteiger partial charge in [-0.1, -0.05) is 28.1 Å². The molecule has 1 N–H and O–H groups in total. The quantitative estimate of drug-likeness (QED) is 0.928. The average molecular weight is 308 g/mol. The molecule has 1 aromatic heterocycles. The van der Waals surface area contributed by atoms with Gasteiger partial charge >= 0.3 is 0 Å². The van der Waals surface area contributed by atoms with E-state index in [2.05, 4.69) is 30.7 Å². The molecule has 4 nitrogen and oxygen atoms in total. The van der Waals surface area contributed by atoms with Crippen molar-refractivity contribution in [1.29, 1.82) is 0 Å². The molecule has 0 spiro atoms. The third-order valence-electron chi connectivity index (χ3n) is 3.38. The van der Waals surface area contributed by atoms with E-state index in [1.165, 1.54) is 0 Å².